The summed E-state index contributed by atoms with van der Waals surface area (Å²) in [5.41, 5.74) is 1.48. The van der Waals surface area contributed by atoms with Crippen LogP contribution >= 0.6 is 15.9 Å². The summed E-state index contributed by atoms with van der Waals surface area (Å²) < 4.78 is 5.88. The Balaban J connectivity index is 2.06. The minimum Gasteiger partial charge on any atom is -0.478 e. The SMILES string of the molecule is N#Cc1ccc(NCc2cc(C(=O)O)co2)c(Br)c1. The molecule has 2 rings (SSSR count). The molecule has 96 valence electrons. The Labute approximate surface area is 117 Å². The summed E-state index contributed by atoms with van der Waals surface area (Å²) in [6.45, 7) is 0.359. The number of carboxylic acids is 1. The Kier molecular flexibility index (Phi) is 3.88. The largest absolute Gasteiger partial charge is 0.478 e. The normalized spacial score (nSPS) is 9.89. The molecule has 0 unspecified atom stereocenters. The smallest absolute Gasteiger partial charge is 0.338 e. The van der Waals surface area contributed by atoms with Crippen molar-refractivity contribution in [3.8, 4) is 6.07 Å². The van der Waals surface area contributed by atoms with Crippen LogP contribution in [0.25, 0.3) is 0 Å². The average molecular weight is 321 g/mol. The molecule has 0 saturated heterocycles. The maximum Gasteiger partial charge on any atom is 0.338 e. The fourth-order valence-electron chi connectivity index (χ4n) is 1.50. The number of hydrogen-bond acceptors (Lipinski definition) is 4. The summed E-state index contributed by atoms with van der Waals surface area (Å²) in [6, 6.07) is 8.67. The Bertz CT molecular complexity index is 658. The summed E-state index contributed by atoms with van der Waals surface area (Å²) in [5, 5.41) is 20.6. The molecule has 0 atom stereocenters. The molecule has 0 amide bonds. The van der Waals surface area contributed by atoms with Crippen molar-refractivity contribution in [3.63, 3.8) is 0 Å². The summed E-state index contributed by atoms with van der Waals surface area (Å²) in [7, 11) is 0. The van der Waals surface area contributed by atoms with Gasteiger partial charge in [0.05, 0.1) is 23.7 Å². The molecule has 0 aliphatic rings. The lowest BCUT2D eigenvalue weighted by molar-refractivity contribution is 0.0696. The Morgan fingerprint density at radius 1 is 1.47 bits per heavy atom. The highest BCUT2D eigenvalue weighted by Gasteiger charge is 2.08. The first kappa shape index (κ1) is 13.2. The molecular formula is C13H9BrN2O3. The molecule has 5 nitrogen and oxygen atoms in total. The van der Waals surface area contributed by atoms with Crippen molar-refractivity contribution < 1.29 is 14.3 Å². The zero-order valence-corrected chi connectivity index (χ0v) is 11.3. The van der Waals surface area contributed by atoms with Gasteiger partial charge in [-0.15, -0.1) is 0 Å². The van der Waals surface area contributed by atoms with Crippen LogP contribution in [0.15, 0.2) is 39.4 Å². The van der Waals surface area contributed by atoms with Gasteiger partial charge >= 0.3 is 5.97 Å². The number of carbonyl (C=O) groups is 1. The second kappa shape index (κ2) is 5.59. The van der Waals surface area contributed by atoms with Gasteiger partial charge in [-0.2, -0.15) is 5.26 Å². The van der Waals surface area contributed by atoms with Gasteiger partial charge < -0.3 is 14.8 Å². The zero-order valence-electron chi connectivity index (χ0n) is 9.68. The van der Waals surface area contributed by atoms with Crippen LogP contribution < -0.4 is 5.32 Å². The molecular weight excluding hydrogens is 312 g/mol. The molecule has 1 aromatic heterocycles. The van der Waals surface area contributed by atoms with Crippen LogP contribution in [-0.4, -0.2) is 11.1 Å². The van der Waals surface area contributed by atoms with Crippen LogP contribution in [0.3, 0.4) is 0 Å². The van der Waals surface area contributed by atoms with E-state index >= 15 is 0 Å². The van der Waals surface area contributed by atoms with Crippen molar-refractivity contribution in [1.29, 1.82) is 5.26 Å². The highest BCUT2D eigenvalue weighted by atomic mass is 79.9. The maximum absolute atomic E-state index is 10.7. The van der Waals surface area contributed by atoms with Crippen LogP contribution in [0.4, 0.5) is 5.69 Å². The van der Waals surface area contributed by atoms with E-state index < -0.39 is 5.97 Å². The third kappa shape index (κ3) is 3.14. The Hall–Kier alpha value is -2.26. The summed E-state index contributed by atoms with van der Waals surface area (Å²) in [5.74, 6) is -0.497. The number of furan rings is 1. The molecule has 0 radical (unpaired) electrons. The van der Waals surface area contributed by atoms with Gasteiger partial charge in [0.25, 0.3) is 0 Å². The number of aromatic carboxylic acids is 1. The second-order valence-electron chi connectivity index (χ2n) is 3.77. The van der Waals surface area contributed by atoms with Crippen LogP contribution in [-0.2, 0) is 6.54 Å². The number of hydrogen-bond donors (Lipinski definition) is 2. The highest BCUT2D eigenvalue weighted by Crippen LogP contribution is 2.24. The van der Waals surface area contributed by atoms with Crippen molar-refractivity contribution in [3.05, 3.63) is 51.9 Å². The van der Waals surface area contributed by atoms with E-state index in [0.717, 1.165) is 10.2 Å². The number of halogens is 1. The molecule has 1 aromatic carbocycles. The molecule has 0 aliphatic carbocycles. The monoisotopic (exact) mass is 320 g/mol. The molecule has 1 heterocycles. The molecule has 0 fully saturated rings. The van der Waals surface area contributed by atoms with E-state index in [4.69, 9.17) is 14.8 Å². The number of nitrogens with zero attached hydrogens (tertiary/aromatic N) is 1. The molecule has 2 N–H and O–H groups in total. The third-order valence-corrected chi connectivity index (χ3v) is 3.11. The van der Waals surface area contributed by atoms with E-state index in [2.05, 4.69) is 21.2 Å². The molecule has 2 aromatic rings. The van der Waals surface area contributed by atoms with E-state index in [1.54, 1.807) is 18.2 Å². The number of anilines is 1. The first-order chi connectivity index (χ1) is 9.10. The fraction of sp³-hybridized carbons (Fsp3) is 0.0769. The first-order valence-corrected chi connectivity index (χ1v) is 6.13. The van der Waals surface area contributed by atoms with Gasteiger partial charge in [0.15, 0.2) is 0 Å². The number of carboxylic acid groups (broad SMARTS) is 1. The van der Waals surface area contributed by atoms with Crippen LogP contribution in [0.5, 0.6) is 0 Å². The molecule has 0 aliphatic heterocycles. The number of rotatable bonds is 4. The third-order valence-electron chi connectivity index (χ3n) is 2.45. The van der Waals surface area contributed by atoms with Crippen molar-refractivity contribution in [1.82, 2.24) is 0 Å². The molecule has 0 bridgehead atoms. The number of benzene rings is 1. The fourth-order valence-corrected chi connectivity index (χ4v) is 2.01. The quantitative estimate of drug-likeness (QED) is 0.903. The molecule has 19 heavy (non-hydrogen) atoms. The lowest BCUT2D eigenvalue weighted by Gasteiger charge is -2.06. The van der Waals surface area contributed by atoms with E-state index in [9.17, 15) is 4.79 Å². The zero-order chi connectivity index (χ0) is 13.8. The number of nitriles is 1. The van der Waals surface area contributed by atoms with Gasteiger partial charge in [-0.25, -0.2) is 4.79 Å². The van der Waals surface area contributed by atoms with E-state index in [-0.39, 0.29) is 5.56 Å². The predicted molar refractivity (Wildman–Crippen MR) is 71.9 cm³/mol. The van der Waals surface area contributed by atoms with E-state index in [1.807, 2.05) is 6.07 Å². The topological polar surface area (TPSA) is 86.3 Å². The highest BCUT2D eigenvalue weighted by molar-refractivity contribution is 9.10. The minimum absolute atomic E-state index is 0.121. The second-order valence-corrected chi connectivity index (χ2v) is 4.62. The predicted octanol–water partition coefficient (Wildman–Crippen LogP) is 3.22. The first-order valence-electron chi connectivity index (χ1n) is 5.34. The van der Waals surface area contributed by atoms with Crippen LogP contribution in [0, 0.1) is 11.3 Å². The van der Waals surface area contributed by atoms with E-state index in [0.29, 0.717) is 17.9 Å². The lowest BCUT2D eigenvalue weighted by atomic mass is 10.2. The molecule has 6 heteroatoms. The van der Waals surface area contributed by atoms with Crippen molar-refractivity contribution in [2.24, 2.45) is 0 Å². The van der Waals surface area contributed by atoms with Crippen molar-refractivity contribution in [2.75, 3.05) is 5.32 Å². The summed E-state index contributed by atoms with van der Waals surface area (Å²) >= 11 is 3.35. The molecule has 0 saturated carbocycles. The maximum atomic E-state index is 10.7. The molecule has 0 spiro atoms. The standard InChI is InChI=1S/C13H9BrN2O3/c14-11-3-8(5-15)1-2-12(11)16-6-10-4-9(7-19-10)13(17)18/h1-4,7,16H,6H2,(H,17,18). The minimum atomic E-state index is -1.02. The Morgan fingerprint density at radius 2 is 2.26 bits per heavy atom. The lowest BCUT2D eigenvalue weighted by Crippen LogP contribution is -1.99. The van der Waals surface area contributed by atoms with Gasteiger partial charge in [0.2, 0.25) is 0 Å². The number of nitrogens with one attached hydrogen (secondary N) is 1. The van der Waals surface area contributed by atoms with E-state index in [1.165, 1.54) is 12.3 Å². The van der Waals surface area contributed by atoms with Gasteiger partial charge in [-0.1, -0.05) is 0 Å². The van der Waals surface area contributed by atoms with Crippen LogP contribution in [0.1, 0.15) is 21.7 Å². The van der Waals surface area contributed by atoms with Gasteiger partial charge in [-0.05, 0) is 40.2 Å². The van der Waals surface area contributed by atoms with Gasteiger partial charge in [0.1, 0.15) is 12.0 Å². The van der Waals surface area contributed by atoms with Crippen molar-refractivity contribution in [2.45, 2.75) is 6.54 Å². The van der Waals surface area contributed by atoms with Gasteiger partial charge in [0, 0.05) is 10.2 Å². The average Bonchev–Trinajstić information content (AvgIpc) is 2.86. The Morgan fingerprint density at radius 3 is 2.84 bits per heavy atom. The van der Waals surface area contributed by atoms with Crippen LogP contribution in [0.2, 0.25) is 0 Å². The van der Waals surface area contributed by atoms with Gasteiger partial charge in [-0.3, -0.25) is 0 Å². The van der Waals surface area contributed by atoms with Crippen molar-refractivity contribution >= 4 is 27.6 Å². The summed E-state index contributed by atoms with van der Waals surface area (Å²) in [4.78, 5) is 10.7. The summed E-state index contributed by atoms with van der Waals surface area (Å²) in [6.07, 6.45) is 1.20.